The van der Waals surface area contributed by atoms with Crippen molar-refractivity contribution in [3.05, 3.63) is 180 Å². The number of thiophene rings is 1. The molecular weight excluding hydrogens is 655 g/mol. The third-order valence-electron chi connectivity index (χ3n) is 10.3. The number of hydrogen-bond acceptors (Lipinski definition) is 5. The summed E-state index contributed by atoms with van der Waals surface area (Å²) in [6.07, 6.45) is -0.370. The van der Waals surface area contributed by atoms with Crippen LogP contribution in [0, 0.1) is 0 Å². The topological polar surface area (TPSA) is 49.9 Å². The van der Waals surface area contributed by atoms with E-state index in [0.29, 0.717) is 5.84 Å². The molecule has 0 fully saturated rings. The Morgan fingerprint density at radius 3 is 2.08 bits per heavy atom. The van der Waals surface area contributed by atoms with E-state index >= 15 is 0 Å². The summed E-state index contributed by atoms with van der Waals surface area (Å²) in [5.41, 5.74) is 6.89. The monoisotopic (exact) mass is 683 g/mol. The first kappa shape index (κ1) is 29.2. The second-order valence-corrected chi connectivity index (χ2v) is 14.5. The molecule has 8 aromatic carbocycles. The Balaban J connectivity index is 1.18. The maximum atomic E-state index is 6.49. The number of rotatable bonds is 4. The summed E-state index contributed by atoms with van der Waals surface area (Å²) in [5, 5.41) is 13.1. The van der Waals surface area contributed by atoms with Gasteiger partial charge in [0.2, 0.25) is 0 Å². The van der Waals surface area contributed by atoms with Crippen molar-refractivity contribution < 1.29 is 4.42 Å². The lowest BCUT2D eigenvalue weighted by molar-refractivity contribution is 0.668. The van der Waals surface area contributed by atoms with Crippen molar-refractivity contribution in [2.45, 2.75) is 6.17 Å². The largest absolute Gasteiger partial charge is 0.456 e. The van der Waals surface area contributed by atoms with Crippen LogP contribution in [-0.2, 0) is 0 Å². The Morgan fingerprint density at radius 1 is 0.519 bits per heavy atom. The normalized spacial score (nSPS) is 14.7. The minimum Gasteiger partial charge on any atom is -0.456 e. The van der Waals surface area contributed by atoms with Gasteiger partial charge in [0.05, 0.1) is 0 Å². The third-order valence-corrected chi connectivity index (χ3v) is 11.4. The minimum atomic E-state index is -0.370. The van der Waals surface area contributed by atoms with Gasteiger partial charge < -0.3 is 9.73 Å². The number of fused-ring (bicyclic) bond motifs is 8. The van der Waals surface area contributed by atoms with Gasteiger partial charge in [0.15, 0.2) is 5.84 Å². The lowest BCUT2D eigenvalue weighted by atomic mass is 9.93. The molecule has 11 rings (SSSR count). The Hall–Kier alpha value is -6.56. The number of hydrogen-bond donors (Lipinski definition) is 1. The fourth-order valence-electron chi connectivity index (χ4n) is 7.77. The Labute approximate surface area is 303 Å². The van der Waals surface area contributed by atoms with E-state index in [2.05, 4.69) is 157 Å². The highest BCUT2D eigenvalue weighted by Gasteiger charge is 2.27. The second-order valence-electron chi connectivity index (χ2n) is 13.4. The van der Waals surface area contributed by atoms with Crippen LogP contribution in [0.15, 0.2) is 178 Å². The molecule has 0 radical (unpaired) electrons. The summed E-state index contributed by atoms with van der Waals surface area (Å²) in [4.78, 5) is 10.9. The molecule has 1 aliphatic heterocycles. The van der Waals surface area contributed by atoms with Gasteiger partial charge in [-0.15, -0.1) is 11.3 Å². The van der Waals surface area contributed by atoms with Gasteiger partial charge in [-0.25, -0.2) is 9.98 Å². The standard InChI is InChI=1S/C47H29N3OS/c1-3-11-30-25-33(19-17-28(30)9-1)45-48-46(34-20-18-29-10-2-4-12-31(29)26-34)50-47(49-45)44-35(23-24-40-43(44)38-14-5-7-15-39(38)51-40)32-21-22-37-36-13-6-8-16-41(36)52-42(37)27-32/h1-27,45H,(H,48,49,50). The summed E-state index contributed by atoms with van der Waals surface area (Å²) in [6, 6.07) is 58.1. The molecule has 5 heteroatoms. The highest BCUT2D eigenvalue weighted by atomic mass is 32.1. The molecule has 52 heavy (non-hydrogen) atoms. The zero-order valence-corrected chi connectivity index (χ0v) is 28.7. The van der Waals surface area contributed by atoms with Crippen molar-refractivity contribution >= 4 is 86.7 Å². The second kappa shape index (κ2) is 11.5. The summed E-state index contributed by atoms with van der Waals surface area (Å²) >= 11 is 1.83. The molecule has 0 amide bonds. The van der Waals surface area contributed by atoms with Gasteiger partial charge in [-0.05, 0) is 80.7 Å². The molecule has 0 spiro atoms. The first-order valence-corrected chi connectivity index (χ1v) is 18.3. The highest BCUT2D eigenvalue weighted by molar-refractivity contribution is 7.25. The van der Waals surface area contributed by atoms with Crippen LogP contribution in [0.3, 0.4) is 0 Å². The minimum absolute atomic E-state index is 0.370. The first-order chi connectivity index (χ1) is 25.7. The molecule has 3 heterocycles. The SMILES string of the molecule is c1ccc2cc(C3=NC(c4c(-c5ccc6c(c5)sc5ccccc56)ccc5oc6ccccc6c45)=NC(c4ccc5ccccc5c4)N3)ccc2c1. The molecule has 2 aromatic heterocycles. The van der Waals surface area contributed by atoms with Crippen molar-refractivity contribution in [2.75, 3.05) is 0 Å². The van der Waals surface area contributed by atoms with Crippen molar-refractivity contribution in [1.82, 2.24) is 5.32 Å². The molecule has 0 saturated heterocycles. The van der Waals surface area contributed by atoms with Gasteiger partial charge in [-0.1, -0.05) is 121 Å². The molecule has 0 saturated carbocycles. The van der Waals surface area contributed by atoms with Gasteiger partial charge in [-0.2, -0.15) is 0 Å². The van der Waals surface area contributed by atoms with E-state index in [4.69, 9.17) is 14.4 Å². The zero-order valence-electron chi connectivity index (χ0n) is 27.9. The van der Waals surface area contributed by atoms with E-state index < -0.39 is 0 Å². The van der Waals surface area contributed by atoms with Gasteiger partial charge in [0.1, 0.15) is 23.2 Å². The van der Waals surface area contributed by atoms with Crippen LogP contribution < -0.4 is 5.32 Å². The number of amidine groups is 2. The van der Waals surface area contributed by atoms with Crippen molar-refractivity contribution in [3.8, 4) is 11.1 Å². The molecule has 1 N–H and O–H groups in total. The van der Waals surface area contributed by atoms with Crippen molar-refractivity contribution in [2.24, 2.45) is 9.98 Å². The quantitative estimate of drug-likeness (QED) is 0.201. The Morgan fingerprint density at radius 2 is 1.21 bits per heavy atom. The Kier molecular flexibility index (Phi) is 6.45. The molecule has 1 unspecified atom stereocenters. The van der Waals surface area contributed by atoms with Crippen LogP contribution in [0.2, 0.25) is 0 Å². The number of para-hydroxylation sites is 1. The summed E-state index contributed by atoms with van der Waals surface area (Å²) in [7, 11) is 0. The molecule has 10 aromatic rings. The first-order valence-electron chi connectivity index (χ1n) is 17.5. The molecule has 1 atom stereocenters. The lowest BCUT2D eigenvalue weighted by Gasteiger charge is -2.25. The predicted octanol–water partition coefficient (Wildman–Crippen LogP) is 12.4. The average molecular weight is 684 g/mol. The lowest BCUT2D eigenvalue weighted by Crippen LogP contribution is -2.33. The van der Waals surface area contributed by atoms with E-state index in [1.165, 1.54) is 36.3 Å². The molecule has 0 aliphatic carbocycles. The zero-order chi connectivity index (χ0) is 34.2. The fourth-order valence-corrected chi connectivity index (χ4v) is 8.92. The van der Waals surface area contributed by atoms with E-state index in [1.807, 2.05) is 23.5 Å². The number of aliphatic imine (C=N–C) groups is 2. The molecular formula is C47H29N3OS. The smallest absolute Gasteiger partial charge is 0.160 e. The number of nitrogens with one attached hydrogen (secondary N) is 1. The van der Waals surface area contributed by atoms with Gasteiger partial charge in [0.25, 0.3) is 0 Å². The van der Waals surface area contributed by atoms with E-state index in [1.54, 1.807) is 0 Å². The summed E-state index contributed by atoms with van der Waals surface area (Å²) in [5.74, 6) is 1.45. The predicted molar refractivity (Wildman–Crippen MR) is 219 cm³/mol. The van der Waals surface area contributed by atoms with Crippen LogP contribution in [-0.4, -0.2) is 11.7 Å². The van der Waals surface area contributed by atoms with Crippen LogP contribution in [0.5, 0.6) is 0 Å². The molecule has 0 bridgehead atoms. The Bertz CT molecular complexity index is 3130. The fraction of sp³-hybridized carbons (Fsp3) is 0.0213. The molecule has 1 aliphatic rings. The highest BCUT2D eigenvalue weighted by Crippen LogP contribution is 2.41. The molecule has 244 valence electrons. The summed E-state index contributed by atoms with van der Waals surface area (Å²) < 4.78 is 9.03. The van der Waals surface area contributed by atoms with Gasteiger partial charge in [-0.3, -0.25) is 0 Å². The number of furan rings is 1. The van der Waals surface area contributed by atoms with Crippen LogP contribution in [0.25, 0.3) is 74.8 Å². The van der Waals surface area contributed by atoms with E-state index in [0.717, 1.165) is 61.0 Å². The van der Waals surface area contributed by atoms with Crippen molar-refractivity contribution in [3.63, 3.8) is 0 Å². The van der Waals surface area contributed by atoms with Crippen LogP contribution >= 0.6 is 11.3 Å². The molecule has 4 nitrogen and oxygen atoms in total. The number of nitrogens with zero attached hydrogens (tertiary/aromatic N) is 2. The van der Waals surface area contributed by atoms with Crippen LogP contribution in [0.4, 0.5) is 0 Å². The van der Waals surface area contributed by atoms with E-state index in [-0.39, 0.29) is 6.17 Å². The third kappa shape index (κ3) is 4.67. The average Bonchev–Trinajstić information content (AvgIpc) is 3.78. The van der Waals surface area contributed by atoms with Crippen molar-refractivity contribution in [1.29, 1.82) is 0 Å². The van der Waals surface area contributed by atoms with E-state index in [9.17, 15) is 0 Å². The number of benzene rings is 8. The van der Waals surface area contributed by atoms with Crippen LogP contribution in [0.1, 0.15) is 22.9 Å². The maximum Gasteiger partial charge on any atom is 0.160 e. The van der Waals surface area contributed by atoms with Gasteiger partial charge in [0, 0.05) is 42.1 Å². The summed E-state index contributed by atoms with van der Waals surface area (Å²) in [6.45, 7) is 0. The van der Waals surface area contributed by atoms with Gasteiger partial charge >= 0.3 is 0 Å². The maximum absolute atomic E-state index is 6.49.